The van der Waals surface area contributed by atoms with Gasteiger partial charge in [-0.25, -0.2) is 0 Å². The van der Waals surface area contributed by atoms with Crippen molar-refractivity contribution in [1.82, 2.24) is 5.32 Å². The molecule has 2 rings (SSSR count). The van der Waals surface area contributed by atoms with Crippen LogP contribution in [0.5, 0.6) is 0 Å². The third kappa shape index (κ3) is 3.36. The van der Waals surface area contributed by atoms with E-state index in [1.807, 2.05) is 18.2 Å². The van der Waals surface area contributed by atoms with Crippen LogP contribution in [0.3, 0.4) is 0 Å². The van der Waals surface area contributed by atoms with E-state index < -0.39 is 0 Å². The number of benzene rings is 1. The molecule has 19 heavy (non-hydrogen) atoms. The summed E-state index contributed by atoms with van der Waals surface area (Å²) in [4.78, 5) is 0. The smallest absolute Gasteiger partial charge is 0.0991 e. The van der Waals surface area contributed by atoms with Crippen molar-refractivity contribution in [2.45, 2.75) is 52.1 Å². The lowest BCUT2D eigenvalue weighted by molar-refractivity contribution is 0.196. The summed E-state index contributed by atoms with van der Waals surface area (Å²) in [5, 5.41) is 12.7. The van der Waals surface area contributed by atoms with Crippen LogP contribution in [0.1, 0.15) is 57.2 Å². The van der Waals surface area contributed by atoms with Crippen LogP contribution < -0.4 is 5.32 Å². The molecule has 1 aromatic rings. The number of hydrogen-bond donors (Lipinski definition) is 1. The fourth-order valence-corrected chi connectivity index (χ4v) is 3.11. The Morgan fingerprint density at radius 3 is 2.84 bits per heavy atom. The fourth-order valence-electron chi connectivity index (χ4n) is 3.11. The third-order valence-electron chi connectivity index (χ3n) is 4.69. The first kappa shape index (κ1) is 14.1. The first-order valence-electron chi connectivity index (χ1n) is 7.38. The molecule has 0 aromatic heterocycles. The SMILES string of the molecule is CC(NC1CCCC(C)C1C)c1cccc(C#N)c1. The minimum Gasteiger partial charge on any atom is -0.307 e. The van der Waals surface area contributed by atoms with E-state index in [2.05, 4.69) is 38.2 Å². The lowest BCUT2D eigenvalue weighted by Gasteiger charge is -2.36. The average Bonchev–Trinajstić information content (AvgIpc) is 2.44. The molecular weight excluding hydrogens is 232 g/mol. The summed E-state index contributed by atoms with van der Waals surface area (Å²) in [5.41, 5.74) is 1.96. The molecular formula is C17H24N2. The average molecular weight is 256 g/mol. The highest BCUT2D eigenvalue weighted by molar-refractivity contribution is 5.34. The zero-order valence-corrected chi connectivity index (χ0v) is 12.2. The molecule has 2 heteroatoms. The Hall–Kier alpha value is -1.33. The quantitative estimate of drug-likeness (QED) is 0.886. The number of nitriles is 1. The second-order valence-electron chi connectivity index (χ2n) is 6.00. The molecule has 0 saturated heterocycles. The van der Waals surface area contributed by atoms with Crippen LogP contribution in [0, 0.1) is 23.2 Å². The Morgan fingerprint density at radius 2 is 2.11 bits per heavy atom. The summed E-state index contributed by atoms with van der Waals surface area (Å²) in [6, 6.07) is 11.1. The molecule has 0 bridgehead atoms. The summed E-state index contributed by atoms with van der Waals surface area (Å²) < 4.78 is 0. The van der Waals surface area contributed by atoms with Gasteiger partial charge < -0.3 is 5.32 Å². The molecule has 4 unspecified atom stereocenters. The van der Waals surface area contributed by atoms with Crippen molar-refractivity contribution < 1.29 is 0 Å². The monoisotopic (exact) mass is 256 g/mol. The lowest BCUT2D eigenvalue weighted by Crippen LogP contribution is -2.41. The molecule has 1 aromatic carbocycles. The van der Waals surface area contributed by atoms with Gasteiger partial charge in [0.05, 0.1) is 11.6 Å². The van der Waals surface area contributed by atoms with Gasteiger partial charge in [-0.15, -0.1) is 0 Å². The Bertz CT molecular complexity index is 461. The maximum atomic E-state index is 8.97. The lowest BCUT2D eigenvalue weighted by atomic mass is 9.77. The van der Waals surface area contributed by atoms with Gasteiger partial charge in [0.2, 0.25) is 0 Å². The molecule has 0 radical (unpaired) electrons. The molecule has 4 atom stereocenters. The largest absolute Gasteiger partial charge is 0.307 e. The van der Waals surface area contributed by atoms with E-state index in [1.54, 1.807) is 0 Å². The number of nitrogens with one attached hydrogen (secondary N) is 1. The zero-order valence-electron chi connectivity index (χ0n) is 12.2. The minimum absolute atomic E-state index is 0.311. The van der Waals surface area contributed by atoms with Gasteiger partial charge in [-0.2, -0.15) is 5.26 Å². The normalized spacial score (nSPS) is 28.6. The van der Waals surface area contributed by atoms with E-state index in [1.165, 1.54) is 24.8 Å². The number of hydrogen-bond acceptors (Lipinski definition) is 2. The van der Waals surface area contributed by atoms with Crippen molar-refractivity contribution in [3.05, 3.63) is 35.4 Å². The van der Waals surface area contributed by atoms with Crippen LogP contribution in [0.4, 0.5) is 0 Å². The topological polar surface area (TPSA) is 35.8 Å². The molecule has 1 fully saturated rings. The predicted molar refractivity (Wildman–Crippen MR) is 78.7 cm³/mol. The van der Waals surface area contributed by atoms with Crippen LogP contribution in [-0.2, 0) is 0 Å². The van der Waals surface area contributed by atoms with Gasteiger partial charge >= 0.3 is 0 Å². The molecule has 1 N–H and O–H groups in total. The van der Waals surface area contributed by atoms with Crippen molar-refractivity contribution in [2.24, 2.45) is 11.8 Å². The van der Waals surface area contributed by atoms with Gasteiger partial charge in [-0.1, -0.05) is 38.8 Å². The van der Waals surface area contributed by atoms with Crippen molar-refractivity contribution in [3.63, 3.8) is 0 Å². The maximum Gasteiger partial charge on any atom is 0.0991 e. The highest BCUT2D eigenvalue weighted by Crippen LogP contribution is 2.31. The molecule has 0 spiro atoms. The third-order valence-corrected chi connectivity index (χ3v) is 4.69. The summed E-state index contributed by atoms with van der Waals surface area (Å²) in [7, 11) is 0. The first-order valence-corrected chi connectivity index (χ1v) is 7.38. The number of rotatable bonds is 3. The van der Waals surface area contributed by atoms with Crippen molar-refractivity contribution in [3.8, 4) is 6.07 Å². The predicted octanol–water partition coefficient (Wildman–Crippen LogP) is 4.03. The van der Waals surface area contributed by atoms with Crippen LogP contribution in [0.15, 0.2) is 24.3 Å². The van der Waals surface area contributed by atoms with Gasteiger partial charge in [0.1, 0.15) is 0 Å². The van der Waals surface area contributed by atoms with E-state index in [0.29, 0.717) is 12.1 Å². The molecule has 1 saturated carbocycles. The first-order chi connectivity index (χ1) is 9.11. The molecule has 0 heterocycles. The van der Waals surface area contributed by atoms with E-state index >= 15 is 0 Å². The second-order valence-corrected chi connectivity index (χ2v) is 6.00. The van der Waals surface area contributed by atoms with Crippen LogP contribution in [0.25, 0.3) is 0 Å². The number of nitrogens with zero attached hydrogens (tertiary/aromatic N) is 1. The van der Waals surface area contributed by atoms with E-state index in [0.717, 1.165) is 17.4 Å². The fraction of sp³-hybridized carbons (Fsp3) is 0.588. The van der Waals surface area contributed by atoms with Gasteiger partial charge in [0.15, 0.2) is 0 Å². The highest BCUT2D eigenvalue weighted by Gasteiger charge is 2.27. The van der Waals surface area contributed by atoms with E-state index in [4.69, 9.17) is 5.26 Å². The second kappa shape index (κ2) is 6.21. The van der Waals surface area contributed by atoms with Gasteiger partial charge in [0.25, 0.3) is 0 Å². The van der Waals surface area contributed by atoms with Gasteiger partial charge in [-0.3, -0.25) is 0 Å². The van der Waals surface area contributed by atoms with Crippen molar-refractivity contribution >= 4 is 0 Å². The molecule has 0 aliphatic heterocycles. The molecule has 1 aliphatic carbocycles. The summed E-state index contributed by atoms with van der Waals surface area (Å²) in [5.74, 6) is 1.54. The van der Waals surface area contributed by atoms with Gasteiger partial charge in [0, 0.05) is 12.1 Å². The Balaban J connectivity index is 2.04. The molecule has 2 nitrogen and oxygen atoms in total. The van der Waals surface area contributed by atoms with Crippen molar-refractivity contribution in [1.29, 1.82) is 5.26 Å². The van der Waals surface area contributed by atoms with E-state index in [9.17, 15) is 0 Å². The highest BCUT2D eigenvalue weighted by atomic mass is 15.0. The Labute approximate surface area is 116 Å². The Kier molecular flexibility index (Phi) is 4.61. The summed E-state index contributed by atoms with van der Waals surface area (Å²) >= 11 is 0. The summed E-state index contributed by atoms with van der Waals surface area (Å²) in [6.45, 7) is 6.92. The standard InChI is InChI=1S/C17H24N2/c1-12-6-4-9-17(13(12)2)19-14(3)16-8-5-7-15(10-16)11-18/h5,7-8,10,12-14,17,19H,4,6,9H2,1-3H3. The van der Waals surface area contributed by atoms with Crippen LogP contribution >= 0.6 is 0 Å². The minimum atomic E-state index is 0.311. The molecule has 102 valence electrons. The van der Waals surface area contributed by atoms with E-state index in [-0.39, 0.29) is 0 Å². The summed E-state index contributed by atoms with van der Waals surface area (Å²) in [6.07, 6.45) is 3.96. The maximum absolute atomic E-state index is 8.97. The zero-order chi connectivity index (χ0) is 13.8. The van der Waals surface area contributed by atoms with Gasteiger partial charge in [-0.05, 0) is 42.9 Å². The molecule has 0 amide bonds. The van der Waals surface area contributed by atoms with Crippen LogP contribution in [-0.4, -0.2) is 6.04 Å². The van der Waals surface area contributed by atoms with Crippen molar-refractivity contribution in [2.75, 3.05) is 0 Å². The molecule has 1 aliphatic rings. The van der Waals surface area contributed by atoms with Crippen LogP contribution in [0.2, 0.25) is 0 Å². The Morgan fingerprint density at radius 1 is 1.32 bits per heavy atom.